The Hall–Kier alpha value is -1.19. The monoisotopic (exact) mass is 218 g/mol. The maximum absolute atomic E-state index is 4.34. The minimum Gasteiger partial charge on any atom is -0.307 e. The molecule has 0 atom stereocenters. The standard InChI is InChI=1S/C12H14N2S/c1-10-3-2-5-14-12(10)8-13-7-11-4-6-15-9-11/h2-6,9,13H,7-8H2,1H3. The van der Waals surface area contributed by atoms with Crippen LogP contribution in [0.3, 0.4) is 0 Å². The number of nitrogens with zero attached hydrogens (tertiary/aromatic N) is 1. The van der Waals surface area contributed by atoms with Crippen molar-refractivity contribution in [1.29, 1.82) is 0 Å². The molecule has 0 aliphatic heterocycles. The highest BCUT2D eigenvalue weighted by atomic mass is 32.1. The lowest BCUT2D eigenvalue weighted by Gasteiger charge is -2.05. The van der Waals surface area contributed by atoms with E-state index in [1.807, 2.05) is 12.3 Å². The minimum absolute atomic E-state index is 0.836. The molecule has 2 aromatic heterocycles. The Balaban J connectivity index is 1.86. The van der Waals surface area contributed by atoms with Crippen LogP contribution < -0.4 is 5.32 Å². The van der Waals surface area contributed by atoms with E-state index in [1.54, 1.807) is 11.3 Å². The smallest absolute Gasteiger partial charge is 0.0570 e. The molecular formula is C12H14N2S. The number of rotatable bonds is 4. The number of aromatic nitrogens is 1. The van der Waals surface area contributed by atoms with Gasteiger partial charge >= 0.3 is 0 Å². The van der Waals surface area contributed by atoms with Gasteiger partial charge in [0.15, 0.2) is 0 Å². The Bertz CT molecular complexity index is 409. The first-order chi connectivity index (χ1) is 7.36. The van der Waals surface area contributed by atoms with E-state index in [1.165, 1.54) is 11.1 Å². The van der Waals surface area contributed by atoms with Crippen molar-refractivity contribution < 1.29 is 0 Å². The Morgan fingerprint density at radius 2 is 2.27 bits per heavy atom. The van der Waals surface area contributed by atoms with Gasteiger partial charge in [-0.3, -0.25) is 4.98 Å². The number of pyridine rings is 1. The zero-order valence-electron chi connectivity index (χ0n) is 8.73. The second kappa shape index (κ2) is 5.05. The molecule has 78 valence electrons. The van der Waals surface area contributed by atoms with Crippen molar-refractivity contribution >= 4 is 11.3 Å². The molecule has 15 heavy (non-hydrogen) atoms. The van der Waals surface area contributed by atoms with Gasteiger partial charge in [-0.15, -0.1) is 0 Å². The zero-order valence-corrected chi connectivity index (χ0v) is 9.55. The van der Waals surface area contributed by atoms with E-state index in [0.717, 1.165) is 18.8 Å². The van der Waals surface area contributed by atoms with Crippen LogP contribution in [0, 0.1) is 6.92 Å². The van der Waals surface area contributed by atoms with Gasteiger partial charge in [0.25, 0.3) is 0 Å². The van der Waals surface area contributed by atoms with Crippen molar-refractivity contribution in [2.45, 2.75) is 20.0 Å². The fourth-order valence-electron chi connectivity index (χ4n) is 1.42. The molecule has 0 radical (unpaired) electrons. The topological polar surface area (TPSA) is 24.9 Å². The molecule has 2 aromatic rings. The van der Waals surface area contributed by atoms with E-state index in [-0.39, 0.29) is 0 Å². The van der Waals surface area contributed by atoms with Crippen LogP contribution in [0.2, 0.25) is 0 Å². The lowest BCUT2D eigenvalue weighted by Crippen LogP contribution is -2.14. The molecule has 0 aliphatic carbocycles. The molecule has 0 saturated carbocycles. The molecular weight excluding hydrogens is 204 g/mol. The summed E-state index contributed by atoms with van der Waals surface area (Å²) in [4.78, 5) is 4.34. The van der Waals surface area contributed by atoms with E-state index in [2.05, 4.69) is 40.1 Å². The maximum atomic E-state index is 4.34. The van der Waals surface area contributed by atoms with Gasteiger partial charge in [-0.1, -0.05) is 6.07 Å². The Labute approximate surface area is 94.0 Å². The van der Waals surface area contributed by atoms with Crippen LogP contribution in [0.15, 0.2) is 35.2 Å². The lowest BCUT2D eigenvalue weighted by molar-refractivity contribution is 0.677. The van der Waals surface area contributed by atoms with Crippen molar-refractivity contribution in [2.75, 3.05) is 0 Å². The lowest BCUT2D eigenvalue weighted by atomic mass is 10.2. The number of hydrogen-bond donors (Lipinski definition) is 1. The summed E-state index contributed by atoms with van der Waals surface area (Å²) in [5, 5.41) is 7.65. The first-order valence-corrected chi connectivity index (χ1v) is 5.93. The Kier molecular flexibility index (Phi) is 3.48. The van der Waals surface area contributed by atoms with Gasteiger partial charge in [-0.25, -0.2) is 0 Å². The summed E-state index contributed by atoms with van der Waals surface area (Å²) in [7, 11) is 0. The third-order valence-electron chi connectivity index (χ3n) is 2.32. The molecule has 0 saturated heterocycles. The molecule has 1 N–H and O–H groups in total. The molecule has 0 aromatic carbocycles. The van der Waals surface area contributed by atoms with Crippen LogP contribution in [0.4, 0.5) is 0 Å². The predicted molar refractivity (Wildman–Crippen MR) is 63.8 cm³/mol. The third kappa shape index (κ3) is 2.88. The quantitative estimate of drug-likeness (QED) is 0.853. The molecule has 0 bridgehead atoms. The zero-order chi connectivity index (χ0) is 10.5. The van der Waals surface area contributed by atoms with Crippen LogP contribution in [-0.2, 0) is 13.1 Å². The summed E-state index contributed by atoms with van der Waals surface area (Å²) in [6.07, 6.45) is 1.84. The average Bonchev–Trinajstić information content (AvgIpc) is 2.74. The van der Waals surface area contributed by atoms with Gasteiger partial charge in [-0.2, -0.15) is 11.3 Å². The highest BCUT2D eigenvalue weighted by Crippen LogP contribution is 2.06. The van der Waals surface area contributed by atoms with E-state index >= 15 is 0 Å². The first kappa shape index (κ1) is 10.3. The summed E-state index contributed by atoms with van der Waals surface area (Å²) >= 11 is 1.73. The van der Waals surface area contributed by atoms with Crippen LogP contribution in [0.5, 0.6) is 0 Å². The molecule has 0 aliphatic rings. The summed E-state index contributed by atoms with van der Waals surface area (Å²) in [5.74, 6) is 0. The van der Waals surface area contributed by atoms with Crippen LogP contribution in [0.1, 0.15) is 16.8 Å². The molecule has 2 rings (SSSR count). The van der Waals surface area contributed by atoms with E-state index in [0.29, 0.717) is 0 Å². The van der Waals surface area contributed by atoms with Crippen LogP contribution >= 0.6 is 11.3 Å². The molecule has 2 heterocycles. The van der Waals surface area contributed by atoms with Gasteiger partial charge < -0.3 is 5.32 Å². The van der Waals surface area contributed by atoms with Gasteiger partial charge in [0.1, 0.15) is 0 Å². The second-order valence-electron chi connectivity index (χ2n) is 3.50. The summed E-state index contributed by atoms with van der Waals surface area (Å²) in [6, 6.07) is 6.20. The summed E-state index contributed by atoms with van der Waals surface area (Å²) < 4.78 is 0. The molecule has 0 spiro atoms. The predicted octanol–water partition coefficient (Wildman–Crippen LogP) is 2.74. The van der Waals surface area contributed by atoms with Crippen molar-refractivity contribution in [2.24, 2.45) is 0 Å². The first-order valence-electron chi connectivity index (χ1n) is 4.98. The van der Waals surface area contributed by atoms with Gasteiger partial charge in [0.05, 0.1) is 5.69 Å². The molecule has 0 unspecified atom stereocenters. The second-order valence-corrected chi connectivity index (χ2v) is 4.28. The fraction of sp³-hybridized carbons (Fsp3) is 0.250. The van der Waals surface area contributed by atoms with Crippen molar-refractivity contribution in [3.05, 3.63) is 52.0 Å². The third-order valence-corrected chi connectivity index (χ3v) is 3.05. The maximum Gasteiger partial charge on any atom is 0.0570 e. The number of nitrogens with one attached hydrogen (secondary N) is 1. The molecule has 0 amide bonds. The number of aryl methyl sites for hydroxylation is 1. The Morgan fingerprint density at radius 3 is 3.00 bits per heavy atom. The van der Waals surface area contributed by atoms with E-state index in [4.69, 9.17) is 0 Å². The normalized spacial score (nSPS) is 10.5. The minimum atomic E-state index is 0.836. The highest BCUT2D eigenvalue weighted by molar-refractivity contribution is 7.07. The largest absolute Gasteiger partial charge is 0.307 e. The van der Waals surface area contributed by atoms with E-state index in [9.17, 15) is 0 Å². The summed E-state index contributed by atoms with van der Waals surface area (Å²) in [6.45, 7) is 3.84. The molecule has 2 nitrogen and oxygen atoms in total. The number of hydrogen-bond acceptors (Lipinski definition) is 3. The molecule has 3 heteroatoms. The van der Waals surface area contributed by atoms with Gasteiger partial charge in [0.2, 0.25) is 0 Å². The van der Waals surface area contributed by atoms with Gasteiger partial charge in [-0.05, 0) is 40.9 Å². The van der Waals surface area contributed by atoms with Crippen LogP contribution in [0.25, 0.3) is 0 Å². The SMILES string of the molecule is Cc1cccnc1CNCc1ccsc1. The van der Waals surface area contributed by atoms with Crippen molar-refractivity contribution in [3.8, 4) is 0 Å². The van der Waals surface area contributed by atoms with E-state index < -0.39 is 0 Å². The number of thiophene rings is 1. The fourth-order valence-corrected chi connectivity index (χ4v) is 2.09. The summed E-state index contributed by atoms with van der Waals surface area (Å²) in [5.41, 5.74) is 3.72. The average molecular weight is 218 g/mol. The highest BCUT2D eigenvalue weighted by Gasteiger charge is 1.98. The molecule has 0 fully saturated rings. The Morgan fingerprint density at radius 1 is 1.33 bits per heavy atom. The van der Waals surface area contributed by atoms with Crippen molar-refractivity contribution in [3.63, 3.8) is 0 Å². The van der Waals surface area contributed by atoms with Crippen molar-refractivity contribution in [1.82, 2.24) is 10.3 Å². The van der Waals surface area contributed by atoms with Crippen LogP contribution in [-0.4, -0.2) is 4.98 Å². The van der Waals surface area contributed by atoms with Gasteiger partial charge in [0, 0.05) is 19.3 Å².